The number of para-hydroxylation sites is 1. The molecule has 0 atom stereocenters. The SMILES string of the molecule is CCNC(=NCc1ccc(OC)c(OC)c1)NCCc1ccccc1OC. The van der Waals surface area contributed by atoms with Crippen molar-refractivity contribution >= 4 is 5.96 Å². The predicted molar refractivity (Wildman–Crippen MR) is 109 cm³/mol. The summed E-state index contributed by atoms with van der Waals surface area (Å²) < 4.78 is 16.0. The number of rotatable bonds is 9. The summed E-state index contributed by atoms with van der Waals surface area (Å²) in [4.78, 5) is 4.66. The fraction of sp³-hybridized carbons (Fsp3) is 0.381. The van der Waals surface area contributed by atoms with Crippen molar-refractivity contribution in [3.05, 3.63) is 53.6 Å². The van der Waals surface area contributed by atoms with E-state index in [1.807, 2.05) is 43.3 Å². The molecule has 6 heteroatoms. The molecule has 0 saturated heterocycles. The highest BCUT2D eigenvalue weighted by Gasteiger charge is 2.05. The van der Waals surface area contributed by atoms with Gasteiger partial charge < -0.3 is 24.8 Å². The van der Waals surface area contributed by atoms with Crippen LogP contribution < -0.4 is 24.8 Å². The van der Waals surface area contributed by atoms with E-state index in [0.29, 0.717) is 18.0 Å². The summed E-state index contributed by atoms with van der Waals surface area (Å²) in [5, 5.41) is 6.64. The monoisotopic (exact) mass is 371 g/mol. The van der Waals surface area contributed by atoms with Gasteiger partial charge in [-0.1, -0.05) is 24.3 Å². The molecule has 0 heterocycles. The second-order valence-corrected chi connectivity index (χ2v) is 5.87. The highest BCUT2D eigenvalue weighted by atomic mass is 16.5. The summed E-state index contributed by atoms with van der Waals surface area (Å²) >= 11 is 0. The smallest absolute Gasteiger partial charge is 0.191 e. The van der Waals surface area contributed by atoms with Crippen LogP contribution in [-0.4, -0.2) is 40.4 Å². The third-order valence-electron chi connectivity index (χ3n) is 4.09. The van der Waals surface area contributed by atoms with Crippen molar-refractivity contribution in [1.82, 2.24) is 10.6 Å². The third-order valence-corrected chi connectivity index (χ3v) is 4.09. The van der Waals surface area contributed by atoms with Crippen molar-refractivity contribution in [2.24, 2.45) is 4.99 Å². The molecule has 146 valence electrons. The first kappa shape index (κ1) is 20.4. The van der Waals surface area contributed by atoms with Gasteiger partial charge in [-0.3, -0.25) is 0 Å². The van der Waals surface area contributed by atoms with Crippen LogP contribution in [0.1, 0.15) is 18.1 Å². The van der Waals surface area contributed by atoms with Crippen LogP contribution in [0.15, 0.2) is 47.5 Å². The molecule has 2 aromatic rings. The first-order valence-electron chi connectivity index (χ1n) is 9.06. The van der Waals surface area contributed by atoms with Crippen LogP contribution in [0.2, 0.25) is 0 Å². The molecule has 0 aliphatic carbocycles. The third kappa shape index (κ3) is 6.09. The number of aliphatic imine (C=N–C) groups is 1. The van der Waals surface area contributed by atoms with E-state index >= 15 is 0 Å². The number of guanidine groups is 1. The molecule has 0 aliphatic heterocycles. The summed E-state index contributed by atoms with van der Waals surface area (Å²) in [6.45, 7) is 4.16. The summed E-state index contributed by atoms with van der Waals surface area (Å²) in [5.74, 6) is 3.11. The van der Waals surface area contributed by atoms with Gasteiger partial charge in [0, 0.05) is 13.1 Å². The minimum atomic E-state index is 0.546. The maximum absolute atomic E-state index is 5.40. The van der Waals surface area contributed by atoms with Crippen LogP contribution in [0.3, 0.4) is 0 Å². The zero-order valence-corrected chi connectivity index (χ0v) is 16.5. The zero-order chi connectivity index (χ0) is 19.5. The highest BCUT2D eigenvalue weighted by Crippen LogP contribution is 2.27. The second kappa shape index (κ2) is 11.0. The van der Waals surface area contributed by atoms with Gasteiger partial charge in [0.25, 0.3) is 0 Å². The summed E-state index contributed by atoms with van der Waals surface area (Å²) in [5.41, 5.74) is 2.22. The van der Waals surface area contributed by atoms with E-state index in [-0.39, 0.29) is 0 Å². The van der Waals surface area contributed by atoms with Gasteiger partial charge >= 0.3 is 0 Å². The standard InChI is InChI=1S/C21H29N3O3/c1-5-22-21(23-13-12-17-8-6-7-9-18(17)25-2)24-15-16-10-11-19(26-3)20(14-16)27-4/h6-11,14H,5,12-13,15H2,1-4H3,(H2,22,23,24). The quantitative estimate of drug-likeness (QED) is 0.524. The molecule has 0 unspecified atom stereocenters. The van der Waals surface area contributed by atoms with E-state index in [1.54, 1.807) is 21.3 Å². The molecule has 6 nitrogen and oxygen atoms in total. The average Bonchev–Trinajstić information content (AvgIpc) is 2.72. The van der Waals surface area contributed by atoms with Crippen molar-refractivity contribution < 1.29 is 14.2 Å². The van der Waals surface area contributed by atoms with Crippen molar-refractivity contribution in [2.75, 3.05) is 34.4 Å². The first-order chi connectivity index (χ1) is 13.2. The van der Waals surface area contributed by atoms with E-state index in [4.69, 9.17) is 14.2 Å². The molecule has 0 radical (unpaired) electrons. The largest absolute Gasteiger partial charge is 0.496 e. The van der Waals surface area contributed by atoms with Crippen molar-refractivity contribution in [3.8, 4) is 17.2 Å². The summed E-state index contributed by atoms with van der Waals surface area (Å²) in [7, 11) is 4.96. The van der Waals surface area contributed by atoms with Gasteiger partial charge in [0.15, 0.2) is 17.5 Å². The molecule has 0 spiro atoms. The molecule has 0 bridgehead atoms. The fourth-order valence-corrected chi connectivity index (χ4v) is 2.72. The summed E-state index contributed by atoms with van der Waals surface area (Å²) in [6, 6.07) is 13.9. The Morgan fingerprint density at radius 1 is 0.889 bits per heavy atom. The fourth-order valence-electron chi connectivity index (χ4n) is 2.72. The van der Waals surface area contributed by atoms with E-state index in [1.165, 1.54) is 5.56 Å². The van der Waals surface area contributed by atoms with Gasteiger partial charge in [0.1, 0.15) is 5.75 Å². The Hall–Kier alpha value is -2.89. The topological polar surface area (TPSA) is 64.1 Å². The number of nitrogens with zero attached hydrogens (tertiary/aromatic N) is 1. The molecular weight excluding hydrogens is 342 g/mol. The number of hydrogen-bond donors (Lipinski definition) is 2. The number of benzene rings is 2. The van der Waals surface area contributed by atoms with Crippen LogP contribution in [0.4, 0.5) is 0 Å². The number of hydrogen-bond acceptors (Lipinski definition) is 4. The highest BCUT2D eigenvalue weighted by molar-refractivity contribution is 5.79. The van der Waals surface area contributed by atoms with Crippen LogP contribution in [0.5, 0.6) is 17.2 Å². The maximum atomic E-state index is 5.40. The number of ether oxygens (including phenoxy) is 3. The Balaban J connectivity index is 1.97. The average molecular weight is 371 g/mol. The van der Waals surface area contributed by atoms with Gasteiger partial charge in [0.2, 0.25) is 0 Å². The molecule has 0 fully saturated rings. The Bertz CT molecular complexity index is 747. The lowest BCUT2D eigenvalue weighted by Crippen LogP contribution is -2.38. The van der Waals surface area contributed by atoms with Crippen LogP contribution in [0.25, 0.3) is 0 Å². The van der Waals surface area contributed by atoms with Crippen molar-refractivity contribution in [3.63, 3.8) is 0 Å². The molecule has 2 N–H and O–H groups in total. The minimum Gasteiger partial charge on any atom is -0.496 e. The molecule has 0 saturated carbocycles. The molecule has 0 aliphatic rings. The first-order valence-corrected chi connectivity index (χ1v) is 9.06. The van der Waals surface area contributed by atoms with Gasteiger partial charge in [0.05, 0.1) is 27.9 Å². The number of methoxy groups -OCH3 is 3. The lowest BCUT2D eigenvalue weighted by molar-refractivity contribution is 0.354. The predicted octanol–water partition coefficient (Wildman–Crippen LogP) is 3.01. The van der Waals surface area contributed by atoms with E-state index in [9.17, 15) is 0 Å². The normalized spacial score (nSPS) is 11.0. The number of nitrogens with one attached hydrogen (secondary N) is 2. The van der Waals surface area contributed by atoms with Crippen molar-refractivity contribution in [2.45, 2.75) is 19.9 Å². The minimum absolute atomic E-state index is 0.546. The molecule has 0 amide bonds. The zero-order valence-electron chi connectivity index (χ0n) is 16.5. The maximum Gasteiger partial charge on any atom is 0.191 e. The van der Waals surface area contributed by atoms with Gasteiger partial charge in [-0.05, 0) is 42.7 Å². The lowest BCUT2D eigenvalue weighted by Gasteiger charge is -2.13. The Morgan fingerprint density at radius 3 is 2.33 bits per heavy atom. The van der Waals surface area contributed by atoms with Crippen LogP contribution in [0, 0.1) is 0 Å². The molecule has 27 heavy (non-hydrogen) atoms. The molecule has 2 aromatic carbocycles. The van der Waals surface area contributed by atoms with E-state index < -0.39 is 0 Å². The Morgan fingerprint density at radius 2 is 1.63 bits per heavy atom. The lowest BCUT2D eigenvalue weighted by atomic mass is 10.1. The van der Waals surface area contributed by atoms with E-state index in [2.05, 4.69) is 21.7 Å². The van der Waals surface area contributed by atoms with Crippen molar-refractivity contribution in [1.29, 1.82) is 0 Å². The van der Waals surface area contributed by atoms with Gasteiger partial charge in [-0.25, -0.2) is 4.99 Å². The van der Waals surface area contributed by atoms with E-state index in [0.717, 1.165) is 36.8 Å². The van der Waals surface area contributed by atoms with Crippen LogP contribution >= 0.6 is 0 Å². The Labute approximate surface area is 161 Å². The molecule has 0 aromatic heterocycles. The summed E-state index contributed by atoms with van der Waals surface area (Å²) in [6.07, 6.45) is 0.852. The van der Waals surface area contributed by atoms with Gasteiger partial charge in [-0.15, -0.1) is 0 Å². The Kier molecular flexibility index (Phi) is 8.29. The van der Waals surface area contributed by atoms with Gasteiger partial charge in [-0.2, -0.15) is 0 Å². The second-order valence-electron chi connectivity index (χ2n) is 5.87. The molecule has 2 rings (SSSR count). The molecular formula is C21H29N3O3. The van der Waals surface area contributed by atoms with Crippen LogP contribution in [-0.2, 0) is 13.0 Å².